The average Bonchev–Trinajstić information content (AvgIpc) is 3.25. The van der Waals surface area contributed by atoms with E-state index in [1.165, 1.54) is 11.6 Å². The van der Waals surface area contributed by atoms with Crippen LogP contribution in [0.1, 0.15) is 86.3 Å². The van der Waals surface area contributed by atoms with Gasteiger partial charge in [-0.05, 0) is 30.0 Å². The predicted molar refractivity (Wildman–Crippen MR) is 146 cm³/mol. The number of rotatable bonds is 5. The van der Waals surface area contributed by atoms with Gasteiger partial charge < -0.3 is 9.52 Å². The second-order valence-electron chi connectivity index (χ2n) is 11.6. The van der Waals surface area contributed by atoms with Crippen LogP contribution in [0, 0.1) is 23.8 Å². The van der Waals surface area contributed by atoms with Gasteiger partial charge in [0.1, 0.15) is 5.76 Å². The number of ketones is 1. The molecule has 4 nitrogen and oxygen atoms in total. The van der Waals surface area contributed by atoms with Crippen LogP contribution >= 0.6 is 0 Å². The maximum absolute atomic E-state index is 11.5. The average molecular weight is 669 g/mol. The third-order valence-electron chi connectivity index (χ3n) is 6.63. The Hall–Kier alpha value is -2.23. The van der Waals surface area contributed by atoms with E-state index < -0.39 is 5.41 Å². The summed E-state index contributed by atoms with van der Waals surface area (Å²) in [7, 11) is 0. The fraction of sp³-hybridized carbons (Fsp3) is 0.484. The van der Waals surface area contributed by atoms with Crippen LogP contribution < -0.4 is 0 Å². The number of aliphatic hydroxyl groups excluding tert-OH is 1. The van der Waals surface area contributed by atoms with E-state index >= 15 is 0 Å². The van der Waals surface area contributed by atoms with E-state index in [1.54, 1.807) is 6.26 Å². The zero-order valence-corrected chi connectivity index (χ0v) is 25.9. The number of hydrogen-bond acceptors (Lipinski definition) is 4. The quantitative estimate of drug-likeness (QED) is 0.168. The standard InChI is InChI=1S/C20H22NO.C11H20O2.Ir/c1-5-20(4,6-2)17-12-14(3)11-16(13-17)18-8-7-15-9-10-22-19(15)21-18;1-10(2,3)8(12)7-9(13)11(4,5)6;/h7-10,12-13H,5-6H2,1-4H3;7,12H,1-6H3;/q-1;;/b;8-7-;. The van der Waals surface area contributed by atoms with Gasteiger partial charge in [0.15, 0.2) is 5.78 Å². The van der Waals surface area contributed by atoms with Crippen LogP contribution in [0.4, 0.5) is 0 Å². The molecule has 0 spiro atoms. The Morgan fingerprint density at radius 2 is 1.61 bits per heavy atom. The topological polar surface area (TPSA) is 63.3 Å². The van der Waals surface area contributed by atoms with E-state index in [2.05, 4.69) is 56.9 Å². The summed E-state index contributed by atoms with van der Waals surface area (Å²) in [6.45, 7) is 20.0. The van der Waals surface area contributed by atoms with Crippen molar-refractivity contribution in [2.45, 2.75) is 87.5 Å². The van der Waals surface area contributed by atoms with Gasteiger partial charge in [0.25, 0.3) is 0 Å². The van der Waals surface area contributed by atoms with Crippen molar-refractivity contribution < 1.29 is 34.4 Å². The zero-order chi connectivity index (χ0) is 26.6. The number of carbonyl (C=O) groups is 1. The van der Waals surface area contributed by atoms with Gasteiger partial charge in [-0.15, -0.1) is 34.9 Å². The normalized spacial score (nSPS) is 12.6. The van der Waals surface area contributed by atoms with Gasteiger partial charge in [-0.2, -0.15) is 0 Å². The molecule has 2 heterocycles. The first-order valence-corrected chi connectivity index (χ1v) is 12.5. The van der Waals surface area contributed by atoms with E-state index in [0.717, 1.165) is 35.0 Å². The van der Waals surface area contributed by atoms with E-state index in [0.29, 0.717) is 5.71 Å². The van der Waals surface area contributed by atoms with Crippen molar-refractivity contribution in [2.75, 3.05) is 0 Å². The summed E-state index contributed by atoms with van der Waals surface area (Å²) in [4.78, 5) is 16.1. The molecule has 0 fully saturated rings. The van der Waals surface area contributed by atoms with Crippen LogP contribution in [0.25, 0.3) is 22.4 Å². The predicted octanol–water partition coefficient (Wildman–Crippen LogP) is 8.77. The number of benzene rings is 1. The molecule has 0 bridgehead atoms. The Labute approximate surface area is 231 Å². The molecule has 1 aromatic carbocycles. The molecule has 1 N–H and O–H groups in total. The van der Waals surface area contributed by atoms with Gasteiger partial charge in [-0.1, -0.05) is 81.4 Å². The van der Waals surface area contributed by atoms with Crippen LogP contribution in [-0.2, 0) is 30.3 Å². The number of allylic oxidation sites excluding steroid dienone is 2. The monoisotopic (exact) mass is 669 g/mol. The fourth-order valence-electron chi connectivity index (χ4n) is 3.41. The molecule has 2 aromatic heterocycles. The number of carbonyl (C=O) groups excluding carboxylic acids is 1. The summed E-state index contributed by atoms with van der Waals surface area (Å²) in [6.07, 6.45) is 5.26. The molecule has 0 atom stereocenters. The Kier molecular flexibility index (Phi) is 10.9. The third-order valence-corrected chi connectivity index (χ3v) is 6.63. The number of pyridine rings is 1. The van der Waals surface area contributed by atoms with Gasteiger partial charge in [0.2, 0.25) is 5.71 Å². The molecule has 5 heteroatoms. The van der Waals surface area contributed by atoms with Gasteiger partial charge in [0, 0.05) is 42.4 Å². The largest absolute Gasteiger partial charge is 0.512 e. The summed E-state index contributed by atoms with van der Waals surface area (Å²) in [5.41, 5.74) is 4.60. The number of aliphatic hydroxyl groups is 1. The maximum Gasteiger partial charge on any atom is 0.216 e. The van der Waals surface area contributed by atoms with Crippen LogP contribution in [-0.4, -0.2) is 15.9 Å². The molecule has 36 heavy (non-hydrogen) atoms. The van der Waals surface area contributed by atoms with Crippen LogP contribution in [0.5, 0.6) is 0 Å². The molecular weight excluding hydrogens is 627 g/mol. The van der Waals surface area contributed by atoms with Crippen LogP contribution in [0.2, 0.25) is 0 Å². The van der Waals surface area contributed by atoms with Crippen molar-refractivity contribution in [3.8, 4) is 11.3 Å². The van der Waals surface area contributed by atoms with Gasteiger partial charge in [-0.3, -0.25) is 9.78 Å². The number of fused-ring (bicyclic) bond motifs is 1. The van der Waals surface area contributed by atoms with Crippen molar-refractivity contribution in [2.24, 2.45) is 10.8 Å². The summed E-state index contributed by atoms with van der Waals surface area (Å²) in [5, 5.41) is 10.6. The number of aromatic nitrogens is 1. The molecule has 1 radical (unpaired) electrons. The Balaban J connectivity index is 0.000000402. The minimum Gasteiger partial charge on any atom is -0.512 e. The van der Waals surface area contributed by atoms with E-state index in [4.69, 9.17) is 4.42 Å². The fourth-order valence-corrected chi connectivity index (χ4v) is 3.41. The summed E-state index contributed by atoms with van der Waals surface area (Å²) in [5.74, 6) is 0.104. The van der Waals surface area contributed by atoms with Gasteiger partial charge in [0.05, 0.1) is 6.26 Å². The first-order chi connectivity index (χ1) is 16.1. The molecule has 0 aliphatic heterocycles. The molecule has 3 rings (SSSR count). The minimum absolute atomic E-state index is 0. The Morgan fingerprint density at radius 1 is 1.00 bits per heavy atom. The molecule has 0 aliphatic carbocycles. The molecule has 0 amide bonds. The molecule has 0 saturated heterocycles. The smallest absolute Gasteiger partial charge is 0.216 e. The van der Waals surface area contributed by atoms with E-state index in [1.807, 2.05) is 53.7 Å². The molecule has 0 unspecified atom stereocenters. The second kappa shape index (κ2) is 12.3. The van der Waals surface area contributed by atoms with Gasteiger partial charge in [-0.25, -0.2) is 0 Å². The van der Waals surface area contributed by atoms with Crippen LogP contribution in [0.15, 0.2) is 52.8 Å². The number of hydrogen-bond donors (Lipinski definition) is 1. The van der Waals surface area contributed by atoms with Crippen molar-refractivity contribution in [1.29, 1.82) is 0 Å². The first-order valence-electron chi connectivity index (χ1n) is 12.5. The van der Waals surface area contributed by atoms with Crippen molar-refractivity contribution in [3.05, 3.63) is 65.6 Å². The maximum atomic E-state index is 11.5. The minimum atomic E-state index is -0.417. The summed E-state index contributed by atoms with van der Waals surface area (Å²) < 4.78 is 5.43. The molecule has 0 saturated carbocycles. The third kappa shape index (κ3) is 8.14. The van der Waals surface area contributed by atoms with E-state index in [9.17, 15) is 9.90 Å². The van der Waals surface area contributed by atoms with E-state index in [-0.39, 0.29) is 42.5 Å². The molecule has 0 aliphatic rings. The molecular formula is C31H42IrNO3-. The number of furan rings is 1. The summed E-state index contributed by atoms with van der Waals surface area (Å²) in [6, 6.07) is 14.0. The number of aryl methyl sites for hydroxylation is 1. The molecule has 3 aromatic rings. The summed E-state index contributed by atoms with van der Waals surface area (Å²) >= 11 is 0. The Bertz CT molecular complexity index is 1190. The van der Waals surface area contributed by atoms with Gasteiger partial charge >= 0.3 is 0 Å². The second-order valence-corrected chi connectivity index (χ2v) is 11.6. The SMILES string of the molecule is CC(C)(C)C(=O)/C=C(\O)C(C)(C)C.CCC(C)(CC)c1cc(C)[c-]c(-c2ccc3ccoc3n2)c1.[Ir]. The first kappa shape index (κ1) is 31.8. The Morgan fingerprint density at radius 3 is 2.14 bits per heavy atom. The molecule has 199 valence electrons. The zero-order valence-electron chi connectivity index (χ0n) is 23.5. The van der Waals surface area contributed by atoms with Crippen molar-refractivity contribution >= 4 is 16.9 Å². The van der Waals surface area contributed by atoms with Crippen molar-refractivity contribution in [3.63, 3.8) is 0 Å². The van der Waals surface area contributed by atoms with Crippen LogP contribution in [0.3, 0.4) is 0 Å². The van der Waals surface area contributed by atoms with Crippen molar-refractivity contribution in [1.82, 2.24) is 4.98 Å². The number of nitrogens with zero attached hydrogens (tertiary/aromatic N) is 1.